The molecule has 7 nitrogen and oxygen atoms in total. The molecule has 2 fully saturated rings. The van der Waals surface area contributed by atoms with Gasteiger partial charge in [-0.05, 0) is 38.7 Å². The first kappa shape index (κ1) is 20.7. The minimum atomic E-state index is -0.468. The van der Waals surface area contributed by atoms with Crippen LogP contribution in [-0.2, 0) is 9.53 Å². The Labute approximate surface area is 160 Å². The molecule has 3 rings (SSSR count). The van der Waals surface area contributed by atoms with Crippen molar-refractivity contribution in [3.8, 4) is 0 Å². The van der Waals surface area contributed by atoms with Gasteiger partial charge in [0.15, 0.2) is 0 Å². The van der Waals surface area contributed by atoms with E-state index in [-0.39, 0.29) is 30.1 Å². The van der Waals surface area contributed by atoms with Crippen LogP contribution in [0, 0.1) is 19.8 Å². The van der Waals surface area contributed by atoms with Crippen LogP contribution in [0.2, 0.25) is 0 Å². The smallest absolute Gasteiger partial charge is 0.257 e. The van der Waals surface area contributed by atoms with Crippen LogP contribution in [0.5, 0.6) is 0 Å². The number of amides is 2. The largest absolute Gasteiger partial charge is 0.466 e. The predicted molar refractivity (Wildman–Crippen MR) is 99.4 cm³/mol. The Bertz CT molecular complexity index is 634. The van der Waals surface area contributed by atoms with Crippen molar-refractivity contribution < 1.29 is 18.7 Å². The van der Waals surface area contributed by atoms with Crippen LogP contribution in [0.4, 0.5) is 0 Å². The summed E-state index contributed by atoms with van der Waals surface area (Å²) in [6.45, 7) is 7.08. The molecule has 1 aromatic rings. The third-order valence-electron chi connectivity index (χ3n) is 5.21. The molecule has 2 N–H and O–H groups in total. The van der Waals surface area contributed by atoms with Gasteiger partial charge in [0.25, 0.3) is 5.91 Å². The fourth-order valence-electron chi connectivity index (χ4n) is 3.63. The highest BCUT2D eigenvalue weighted by Gasteiger charge is 2.32. The summed E-state index contributed by atoms with van der Waals surface area (Å²) >= 11 is 0. The summed E-state index contributed by atoms with van der Waals surface area (Å²) < 4.78 is 10.8. The molecule has 2 aliphatic rings. The molecule has 1 unspecified atom stereocenters. The van der Waals surface area contributed by atoms with Crippen molar-refractivity contribution in [2.24, 2.45) is 11.7 Å². The van der Waals surface area contributed by atoms with Gasteiger partial charge in [-0.25, -0.2) is 0 Å². The Balaban J connectivity index is 0.00000243. The molecular formula is C18H28ClN3O4. The van der Waals surface area contributed by atoms with E-state index in [1.165, 1.54) is 0 Å². The lowest BCUT2D eigenvalue weighted by molar-refractivity contribution is -0.136. The first-order valence-electron chi connectivity index (χ1n) is 8.96. The standard InChI is InChI=1S/C18H27N3O4.ClH/c1-12-11-15(13(2)25-12)17(22)20-5-7-21(8-6-20)18(23)16(19)14-3-9-24-10-4-14;/h11,14,16H,3-10,19H2,1-2H3;1H. The van der Waals surface area contributed by atoms with E-state index in [1.54, 1.807) is 22.8 Å². The van der Waals surface area contributed by atoms with E-state index in [4.69, 9.17) is 14.9 Å². The number of nitrogens with zero attached hydrogens (tertiary/aromatic N) is 2. The zero-order valence-electron chi connectivity index (χ0n) is 15.4. The Kier molecular flexibility index (Phi) is 7.08. The third-order valence-corrected chi connectivity index (χ3v) is 5.21. The Morgan fingerprint density at radius 2 is 1.69 bits per heavy atom. The second kappa shape index (κ2) is 8.88. The third kappa shape index (κ3) is 4.39. The SMILES string of the molecule is Cc1cc(C(=O)N2CCN(C(=O)C(N)C3CCOCC3)CC2)c(C)o1.Cl. The molecule has 146 valence electrons. The summed E-state index contributed by atoms with van der Waals surface area (Å²) in [6, 6.07) is 1.31. The monoisotopic (exact) mass is 385 g/mol. The van der Waals surface area contributed by atoms with Gasteiger partial charge in [-0.1, -0.05) is 0 Å². The summed E-state index contributed by atoms with van der Waals surface area (Å²) in [5.41, 5.74) is 6.80. The highest BCUT2D eigenvalue weighted by Crippen LogP contribution is 2.20. The van der Waals surface area contributed by atoms with Gasteiger partial charge >= 0.3 is 0 Å². The normalized spacial score (nSPS) is 19.8. The van der Waals surface area contributed by atoms with Gasteiger partial charge in [0, 0.05) is 39.4 Å². The van der Waals surface area contributed by atoms with Gasteiger partial charge in [-0.15, -0.1) is 12.4 Å². The van der Waals surface area contributed by atoms with Crippen LogP contribution < -0.4 is 5.73 Å². The van der Waals surface area contributed by atoms with Gasteiger partial charge in [0.05, 0.1) is 11.6 Å². The van der Waals surface area contributed by atoms with E-state index in [0.29, 0.717) is 50.7 Å². The maximum absolute atomic E-state index is 12.6. The first-order chi connectivity index (χ1) is 12.0. The van der Waals surface area contributed by atoms with Crippen molar-refractivity contribution in [2.45, 2.75) is 32.7 Å². The minimum absolute atomic E-state index is 0. The quantitative estimate of drug-likeness (QED) is 0.848. The summed E-state index contributed by atoms with van der Waals surface area (Å²) in [5.74, 6) is 1.53. The fraction of sp³-hybridized carbons (Fsp3) is 0.667. The molecule has 8 heteroatoms. The van der Waals surface area contributed by atoms with Crippen molar-refractivity contribution in [1.82, 2.24) is 9.80 Å². The van der Waals surface area contributed by atoms with Gasteiger partial charge < -0.3 is 24.7 Å². The van der Waals surface area contributed by atoms with Gasteiger partial charge in [-0.2, -0.15) is 0 Å². The average Bonchev–Trinajstić information content (AvgIpc) is 2.99. The van der Waals surface area contributed by atoms with Crippen molar-refractivity contribution in [3.05, 3.63) is 23.2 Å². The van der Waals surface area contributed by atoms with Gasteiger partial charge in [0.1, 0.15) is 11.5 Å². The average molecular weight is 386 g/mol. The van der Waals surface area contributed by atoms with Crippen LogP contribution in [0.25, 0.3) is 0 Å². The number of carbonyl (C=O) groups excluding carboxylic acids is 2. The number of ether oxygens (including phenoxy) is 1. The fourth-order valence-corrected chi connectivity index (χ4v) is 3.63. The number of nitrogens with two attached hydrogens (primary N) is 1. The zero-order valence-corrected chi connectivity index (χ0v) is 16.2. The molecule has 2 amide bonds. The Hall–Kier alpha value is -1.57. The number of halogens is 1. The first-order valence-corrected chi connectivity index (χ1v) is 8.96. The second-order valence-electron chi connectivity index (χ2n) is 6.92. The van der Waals surface area contributed by atoms with Crippen molar-refractivity contribution >= 4 is 24.2 Å². The minimum Gasteiger partial charge on any atom is -0.466 e. The van der Waals surface area contributed by atoms with Gasteiger partial charge in [0.2, 0.25) is 5.91 Å². The molecule has 0 radical (unpaired) electrons. The summed E-state index contributed by atoms with van der Waals surface area (Å²) in [6.07, 6.45) is 1.68. The molecule has 0 aromatic carbocycles. The Morgan fingerprint density at radius 3 is 2.23 bits per heavy atom. The van der Waals surface area contributed by atoms with E-state index in [9.17, 15) is 9.59 Å². The number of hydrogen-bond donors (Lipinski definition) is 1. The van der Waals surface area contributed by atoms with Crippen LogP contribution in [0.3, 0.4) is 0 Å². The molecule has 0 spiro atoms. The Morgan fingerprint density at radius 1 is 1.12 bits per heavy atom. The molecule has 2 saturated heterocycles. The number of carbonyl (C=O) groups is 2. The van der Waals surface area contributed by atoms with Gasteiger partial charge in [-0.3, -0.25) is 9.59 Å². The lowest BCUT2D eigenvalue weighted by atomic mass is 9.91. The number of furan rings is 1. The molecular weight excluding hydrogens is 358 g/mol. The molecule has 0 aliphatic carbocycles. The summed E-state index contributed by atoms with van der Waals surface area (Å²) in [4.78, 5) is 28.8. The molecule has 1 atom stereocenters. The summed E-state index contributed by atoms with van der Waals surface area (Å²) in [5, 5.41) is 0. The lowest BCUT2D eigenvalue weighted by Crippen LogP contribution is -2.56. The number of rotatable bonds is 3. The van der Waals surface area contributed by atoms with Crippen LogP contribution in [-0.4, -0.2) is 67.0 Å². The molecule has 2 aliphatic heterocycles. The maximum atomic E-state index is 12.6. The lowest BCUT2D eigenvalue weighted by Gasteiger charge is -2.37. The van der Waals surface area contributed by atoms with Crippen LogP contribution in [0.15, 0.2) is 10.5 Å². The van der Waals surface area contributed by atoms with Crippen LogP contribution in [0.1, 0.15) is 34.7 Å². The molecule has 26 heavy (non-hydrogen) atoms. The summed E-state index contributed by atoms with van der Waals surface area (Å²) in [7, 11) is 0. The topological polar surface area (TPSA) is 89.0 Å². The van der Waals surface area contributed by atoms with Crippen LogP contribution >= 0.6 is 12.4 Å². The van der Waals surface area contributed by atoms with Crippen molar-refractivity contribution in [3.63, 3.8) is 0 Å². The zero-order chi connectivity index (χ0) is 18.0. The van der Waals surface area contributed by atoms with Crippen molar-refractivity contribution in [2.75, 3.05) is 39.4 Å². The molecule has 3 heterocycles. The highest BCUT2D eigenvalue weighted by molar-refractivity contribution is 5.95. The van der Waals surface area contributed by atoms with Crippen molar-refractivity contribution in [1.29, 1.82) is 0 Å². The van der Waals surface area contributed by atoms with E-state index >= 15 is 0 Å². The highest BCUT2D eigenvalue weighted by atomic mass is 35.5. The van der Waals surface area contributed by atoms with E-state index in [2.05, 4.69) is 0 Å². The molecule has 0 saturated carbocycles. The maximum Gasteiger partial charge on any atom is 0.257 e. The molecule has 0 bridgehead atoms. The number of aryl methyl sites for hydroxylation is 2. The van der Waals surface area contributed by atoms with E-state index in [0.717, 1.165) is 18.6 Å². The molecule has 1 aromatic heterocycles. The predicted octanol–water partition coefficient (Wildman–Crippen LogP) is 1.36. The number of hydrogen-bond acceptors (Lipinski definition) is 5. The second-order valence-corrected chi connectivity index (χ2v) is 6.92. The van der Waals surface area contributed by atoms with E-state index in [1.807, 2.05) is 6.92 Å². The number of piperazine rings is 1. The van der Waals surface area contributed by atoms with E-state index < -0.39 is 6.04 Å².